The zero-order valence-corrected chi connectivity index (χ0v) is 17.2. The van der Waals surface area contributed by atoms with Gasteiger partial charge in [0.2, 0.25) is 16.9 Å². The van der Waals surface area contributed by atoms with Crippen LogP contribution in [0.15, 0.2) is 65.4 Å². The van der Waals surface area contributed by atoms with Crippen molar-refractivity contribution in [3.8, 4) is 28.6 Å². The fourth-order valence-corrected chi connectivity index (χ4v) is 3.44. The molecule has 8 nitrogen and oxygen atoms in total. The summed E-state index contributed by atoms with van der Waals surface area (Å²) in [5, 5.41) is 10.4. The number of pyridine rings is 1. The number of hydrogen-bond acceptors (Lipinski definition) is 8. The molecule has 0 aliphatic heterocycles. The van der Waals surface area contributed by atoms with Crippen LogP contribution in [0, 0.1) is 0 Å². The molecule has 1 aromatic carbocycles. The molecular formula is C21H19N3O5S. The van der Waals surface area contributed by atoms with Gasteiger partial charge in [0.25, 0.3) is 0 Å². The standard InChI is InChI=1S/C21H19N3O5S/c1-4-11-29-14-7-5-13(6-8-14)15-9-10-22-19(18(15)20(25)26)30-21-23-16(27-2)12-17(24-21)28-3/h4-10,12H,1,11H2,2-3H3,(H,25,26). The molecule has 154 valence electrons. The van der Waals surface area contributed by atoms with Gasteiger partial charge in [0, 0.05) is 11.8 Å². The minimum absolute atomic E-state index is 0.0487. The summed E-state index contributed by atoms with van der Waals surface area (Å²) in [7, 11) is 2.94. The van der Waals surface area contributed by atoms with Crippen LogP contribution in [0.4, 0.5) is 0 Å². The highest BCUT2D eigenvalue weighted by Gasteiger charge is 2.20. The molecule has 0 aliphatic rings. The summed E-state index contributed by atoms with van der Waals surface area (Å²) in [6.45, 7) is 4.00. The maximum absolute atomic E-state index is 12.1. The summed E-state index contributed by atoms with van der Waals surface area (Å²) in [6, 6.07) is 10.3. The Balaban J connectivity index is 1.99. The molecule has 0 spiro atoms. The highest BCUT2D eigenvalue weighted by atomic mass is 32.2. The third-order valence-corrected chi connectivity index (χ3v) is 4.80. The van der Waals surface area contributed by atoms with Crippen molar-refractivity contribution in [3.05, 3.63) is 60.8 Å². The lowest BCUT2D eigenvalue weighted by atomic mass is 10.0. The van der Waals surface area contributed by atoms with Crippen LogP contribution in [-0.4, -0.2) is 46.9 Å². The van der Waals surface area contributed by atoms with Crippen LogP contribution in [0.5, 0.6) is 17.5 Å². The highest BCUT2D eigenvalue weighted by molar-refractivity contribution is 7.99. The topological polar surface area (TPSA) is 104 Å². The lowest BCUT2D eigenvalue weighted by molar-refractivity contribution is 0.0693. The van der Waals surface area contributed by atoms with Crippen molar-refractivity contribution >= 4 is 17.7 Å². The van der Waals surface area contributed by atoms with E-state index < -0.39 is 5.97 Å². The van der Waals surface area contributed by atoms with E-state index in [1.54, 1.807) is 42.6 Å². The number of rotatable bonds is 9. The summed E-state index contributed by atoms with van der Waals surface area (Å²) in [4.78, 5) is 24.8. The summed E-state index contributed by atoms with van der Waals surface area (Å²) in [6.07, 6.45) is 3.20. The molecule has 2 aromatic heterocycles. The van der Waals surface area contributed by atoms with E-state index in [1.165, 1.54) is 20.3 Å². The summed E-state index contributed by atoms with van der Waals surface area (Å²) in [5.41, 5.74) is 1.28. The van der Waals surface area contributed by atoms with Crippen LogP contribution >= 0.6 is 11.8 Å². The molecule has 0 atom stereocenters. The third-order valence-electron chi connectivity index (χ3n) is 3.93. The second-order valence-corrected chi connectivity index (χ2v) is 6.76. The Morgan fingerprint density at radius 3 is 2.37 bits per heavy atom. The molecule has 0 aliphatic carbocycles. The molecule has 0 saturated heterocycles. The van der Waals surface area contributed by atoms with Crippen molar-refractivity contribution in [3.63, 3.8) is 0 Å². The maximum atomic E-state index is 12.1. The molecular weight excluding hydrogens is 406 g/mol. The SMILES string of the molecule is C=CCOc1ccc(-c2ccnc(Sc3nc(OC)cc(OC)n3)c2C(=O)O)cc1. The van der Waals surface area contributed by atoms with E-state index >= 15 is 0 Å². The average Bonchev–Trinajstić information content (AvgIpc) is 2.77. The minimum Gasteiger partial charge on any atom is -0.490 e. The van der Waals surface area contributed by atoms with Crippen LogP contribution in [-0.2, 0) is 0 Å². The normalized spacial score (nSPS) is 10.3. The second kappa shape index (κ2) is 9.75. The van der Waals surface area contributed by atoms with Gasteiger partial charge in [-0.15, -0.1) is 0 Å². The molecule has 1 N–H and O–H groups in total. The summed E-state index contributed by atoms with van der Waals surface area (Å²) < 4.78 is 15.8. The van der Waals surface area contributed by atoms with Gasteiger partial charge >= 0.3 is 5.97 Å². The number of aromatic nitrogens is 3. The van der Waals surface area contributed by atoms with E-state index in [0.29, 0.717) is 35.2 Å². The molecule has 9 heteroatoms. The first-order valence-corrected chi connectivity index (χ1v) is 9.58. The van der Waals surface area contributed by atoms with Crippen molar-refractivity contribution in [2.24, 2.45) is 0 Å². The van der Waals surface area contributed by atoms with Gasteiger partial charge in [-0.05, 0) is 35.5 Å². The molecule has 0 amide bonds. The Bertz CT molecular complexity index is 1030. The smallest absolute Gasteiger partial charge is 0.339 e. The van der Waals surface area contributed by atoms with E-state index in [2.05, 4.69) is 21.5 Å². The first-order valence-electron chi connectivity index (χ1n) is 8.77. The Labute approximate surface area is 177 Å². The largest absolute Gasteiger partial charge is 0.490 e. The maximum Gasteiger partial charge on any atom is 0.339 e. The van der Waals surface area contributed by atoms with Gasteiger partial charge in [0.1, 0.15) is 17.4 Å². The van der Waals surface area contributed by atoms with Crippen LogP contribution in [0.2, 0.25) is 0 Å². The number of benzene rings is 1. The van der Waals surface area contributed by atoms with E-state index in [9.17, 15) is 9.90 Å². The van der Waals surface area contributed by atoms with Gasteiger partial charge in [-0.1, -0.05) is 24.8 Å². The lowest BCUT2D eigenvalue weighted by Gasteiger charge is -2.11. The van der Waals surface area contributed by atoms with Crippen molar-refractivity contribution < 1.29 is 24.1 Å². The van der Waals surface area contributed by atoms with Gasteiger partial charge < -0.3 is 19.3 Å². The molecule has 0 radical (unpaired) electrons. The summed E-state index contributed by atoms with van der Waals surface area (Å²) >= 11 is 1.01. The fourth-order valence-electron chi connectivity index (χ4n) is 2.58. The molecule has 0 saturated carbocycles. The third kappa shape index (κ3) is 4.87. The monoisotopic (exact) mass is 425 g/mol. The average molecular weight is 425 g/mol. The fraction of sp³-hybridized carbons (Fsp3) is 0.143. The van der Waals surface area contributed by atoms with Crippen LogP contribution < -0.4 is 14.2 Å². The molecule has 3 aromatic rings. The predicted octanol–water partition coefficient (Wildman–Crippen LogP) is 3.97. The number of carboxylic acids is 1. The number of nitrogens with zero attached hydrogens (tertiary/aromatic N) is 3. The number of carbonyl (C=O) groups is 1. The second-order valence-electron chi connectivity index (χ2n) is 5.81. The zero-order valence-electron chi connectivity index (χ0n) is 16.4. The zero-order chi connectivity index (χ0) is 21.5. The molecule has 0 bridgehead atoms. The molecule has 3 rings (SSSR count). The molecule has 30 heavy (non-hydrogen) atoms. The first-order chi connectivity index (χ1) is 14.5. The van der Waals surface area contributed by atoms with Gasteiger partial charge in [-0.2, -0.15) is 9.97 Å². The van der Waals surface area contributed by atoms with E-state index in [0.717, 1.165) is 11.8 Å². The van der Waals surface area contributed by atoms with Crippen molar-refractivity contribution in [2.75, 3.05) is 20.8 Å². The number of hydrogen-bond donors (Lipinski definition) is 1. The van der Waals surface area contributed by atoms with Gasteiger partial charge in [0.15, 0.2) is 0 Å². The Morgan fingerprint density at radius 2 is 1.80 bits per heavy atom. The van der Waals surface area contributed by atoms with Gasteiger partial charge in [-0.3, -0.25) is 0 Å². The summed E-state index contributed by atoms with van der Waals surface area (Å²) in [5.74, 6) is 0.151. The Morgan fingerprint density at radius 1 is 1.13 bits per heavy atom. The lowest BCUT2D eigenvalue weighted by Crippen LogP contribution is -2.05. The van der Waals surface area contributed by atoms with E-state index in [1.807, 2.05) is 0 Å². The van der Waals surface area contributed by atoms with Gasteiger partial charge in [-0.25, -0.2) is 9.78 Å². The molecule has 2 heterocycles. The molecule has 0 unspecified atom stereocenters. The van der Waals surface area contributed by atoms with Crippen LogP contribution in [0.3, 0.4) is 0 Å². The van der Waals surface area contributed by atoms with Crippen molar-refractivity contribution in [1.29, 1.82) is 0 Å². The van der Waals surface area contributed by atoms with Gasteiger partial charge in [0.05, 0.1) is 25.8 Å². The number of aromatic carboxylic acids is 1. The molecule has 0 fully saturated rings. The quantitative estimate of drug-likeness (QED) is 0.403. The first kappa shape index (κ1) is 21.1. The Hall–Kier alpha value is -3.59. The minimum atomic E-state index is -1.11. The van der Waals surface area contributed by atoms with Crippen molar-refractivity contribution in [2.45, 2.75) is 10.2 Å². The highest BCUT2D eigenvalue weighted by Crippen LogP contribution is 2.34. The van der Waals surface area contributed by atoms with E-state index in [-0.39, 0.29) is 15.7 Å². The predicted molar refractivity (Wildman–Crippen MR) is 112 cm³/mol. The Kier molecular flexibility index (Phi) is 6.87. The van der Waals surface area contributed by atoms with Crippen molar-refractivity contribution in [1.82, 2.24) is 15.0 Å². The number of methoxy groups -OCH3 is 2. The van der Waals surface area contributed by atoms with Crippen LogP contribution in [0.25, 0.3) is 11.1 Å². The van der Waals surface area contributed by atoms with Crippen LogP contribution in [0.1, 0.15) is 10.4 Å². The number of ether oxygens (including phenoxy) is 3. The number of carboxylic acid groups (broad SMARTS) is 1. The van der Waals surface area contributed by atoms with E-state index in [4.69, 9.17) is 14.2 Å².